The molecule has 8 nitrogen and oxygen atoms in total. The van der Waals surface area contributed by atoms with Gasteiger partial charge in [0, 0.05) is 11.6 Å². The van der Waals surface area contributed by atoms with Crippen LogP contribution in [0, 0.1) is 0 Å². The van der Waals surface area contributed by atoms with E-state index >= 15 is 0 Å². The number of hydrogen-bond acceptors (Lipinski definition) is 5. The smallest absolute Gasteiger partial charge is 0.412 e. The van der Waals surface area contributed by atoms with Crippen molar-refractivity contribution in [1.29, 1.82) is 0 Å². The van der Waals surface area contributed by atoms with Crippen LogP contribution < -0.4 is 10.6 Å². The number of anilines is 1. The van der Waals surface area contributed by atoms with Gasteiger partial charge in [0.15, 0.2) is 5.82 Å². The number of carbonyl (C=O) groups excluding carboxylic acids is 2. The molecular formula is C13H14ClN5O3. The molecule has 1 aromatic carbocycles. The van der Waals surface area contributed by atoms with Crippen molar-refractivity contribution in [3.05, 3.63) is 41.0 Å². The fraction of sp³-hybridized carbons (Fsp3) is 0.231. The largest absolute Gasteiger partial charge is 0.453 e. The summed E-state index contributed by atoms with van der Waals surface area (Å²) in [6, 6.07) is 7.24. The van der Waals surface area contributed by atoms with Crippen LogP contribution in [0.1, 0.15) is 5.56 Å². The Balaban J connectivity index is 1.85. The minimum atomic E-state index is -0.657. The van der Waals surface area contributed by atoms with Crippen LogP contribution in [0.3, 0.4) is 0 Å². The number of hydrogen-bond donors (Lipinski definition) is 2. The molecule has 0 aliphatic heterocycles. The highest BCUT2D eigenvalue weighted by molar-refractivity contribution is 6.31. The number of benzene rings is 1. The molecule has 116 valence electrons. The molecule has 0 bridgehead atoms. The summed E-state index contributed by atoms with van der Waals surface area (Å²) in [4.78, 5) is 24.0. The second kappa shape index (κ2) is 7.41. The van der Waals surface area contributed by atoms with Crippen LogP contribution in [-0.2, 0) is 22.6 Å². The number of carbonyl (C=O) groups is 2. The van der Waals surface area contributed by atoms with Gasteiger partial charge < -0.3 is 10.1 Å². The highest BCUT2D eigenvalue weighted by Gasteiger charge is 2.09. The topological polar surface area (TPSA) is 98.1 Å². The molecule has 2 amide bonds. The zero-order chi connectivity index (χ0) is 15.9. The standard InChI is InChI=1S/C13H14ClN5O3/c1-22-13(21)17-11-7-16-19(18-11)8-12(20)15-6-9-4-2-3-5-10(9)14/h2-5,7H,6,8H2,1H3,(H,15,20)(H,17,18,21). The van der Waals surface area contributed by atoms with Gasteiger partial charge in [-0.3, -0.25) is 10.1 Å². The third-order valence-electron chi connectivity index (χ3n) is 2.67. The first-order valence-corrected chi connectivity index (χ1v) is 6.71. The van der Waals surface area contributed by atoms with Crippen molar-refractivity contribution in [3.8, 4) is 0 Å². The highest BCUT2D eigenvalue weighted by Crippen LogP contribution is 2.14. The molecule has 22 heavy (non-hydrogen) atoms. The Labute approximate surface area is 131 Å². The molecule has 2 aromatic rings. The van der Waals surface area contributed by atoms with Crippen LogP contribution in [0.25, 0.3) is 0 Å². The Morgan fingerprint density at radius 1 is 1.36 bits per heavy atom. The van der Waals surface area contributed by atoms with Gasteiger partial charge >= 0.3 is 6.09 Å². The van der Waals surface area contributed by atoms with E-state index in [4.69, 9.17) is 11.6 Å². The fourth-order valence-electron chi connectivity index (χ4n) is 1.61. The number of methoxy groups -OCH3 is 1. The van der Waals surface area contributed by atoms with E-state index in [1.807, 2.05) is 18.2 Å². The lowest BCUT2D eigenvalue weighted by Gasteiger charge is -2.06. The van der Waals surface area contributed by atoms with Gasteiger partial charge in [-0.05, 0) is 11.6 Å². The van der Waals surface area contributed by atoms with E-state index in [2.05, 4.69) is 25.6 Å². The van der Waals surface area contributed by atoms with Gasteiger partial charge in [-0.1, -0.05) is 29.8 Å². The van der Waals surface area contributed by atoms with E-state index in [1.165, 1.54) is 13.3 Å². The molecule has 0 aliphatic rings. The molecule has 0 radical (unpaired) electrons. The Bertz CT molecular complexity index is 673. The normalized spacial score (nSPS) is 10.1. The second-order valence-electron chi connectivity index (χ2n) is 4.24. The molecule has 9 heteroatoms. The Kier molecular flexibility index (Phi) is 5.31. The molecule has 1 heterocycles. The van der Waals surface area contributed by atoms with Crippen molar-refractivity contribution in [1.82, 2.24) is 20.3 Å². The number of halogens is 1. The Hall–Kier alpha value is -2.61. The van der Waals surface area contributed by atoms with Crippen molar-refractivity contribution in [2.24, 2.45) is 0 Å². The molecule has 0 saturated carbocycles. The predicted octanol–water partition coefficient (Wildman–Crippen LogP) is 1.43. The first-order valence-electron chi connectivity index (χ1n) is 6.33. The number of nitrogens with zero attached hydrogens (tertiary/aromatic N) is 3. The van der Waals surface area contributed by atoms with E-state index in [1.54, 1.807) is 6.07 Å². The third kappa shape index (κ3) is 4.45. The van der Waals surface area contributed by atoms with Crippen LogP contribution in [0.2, 0.25) is 5.02 Å². The molecule has 0 saturated heterocycles. The summed E-state index contributed by atoms with van der Waals surface area (Å²) >= 11 is 6.00. The van der Waals surface area contributed by atoms with Gasteiger partial charge in [-0.2, -0.15) is 9.90 Å². The molecule has 0 spiro atoms. The van der Waals surface area contributed by atoms with Crippen LogP contribution in [0.4, 0.5) is 10.6 Å². The number of ether oxygens (including phenoxy) is 1. The molecule has 0 aliphatic carbocycles. The van der Waals surface area contributed by atoms with Crippen molar-refractivity contribution in [2.45, 2.75) is 13.1 Å². The van der Waals surface area contributed by atoms with E-state index in [9.17, 15) is 9.59 Å². The number of amides is 2. The highest BCUT2D eigenvalue weighted by atomic mass is 35.5. The summed E-state index contributed by atoms with van der Waals surface area (Å²) in [7, 11) is 1.24. The second-order valence-corrected chi connectivity index (χ2v) is 4.65. The minimum absolute atomic E-state index is 0.0761. The predicted molar refractivity (Wildman–Crippen MR) is 79.3 cm³/mol. The summed E-state index contributed by atoms with van der Waals surface area (Å²) in [6.07, 6.45) is 0.661. The van der Waals surface area contributed by atoms with Gasteiger partial charge in [0.1, 0.15) is 6.54 Å². The maximum absolute atomic E-state index is 11.8. The van der Waals surface area contributed by atoms with E-state index < -0.39 is 6.09 Å². The van der Waals surface area contributed by atoms with Crippen LogP contribution >= 0.6 is 11.6 Å². The molecule has 0 unspecified atom stereocenters. The van der Waals surface area contributed by atoms with Gasteiger partial charge in [0.25, 0.3) is 0 Å². The SMILES string of the molecule is COC(=O)Nc1cnn(CC(=O)NCc2ccccc2Cl)n1. The molecule has 2 rings (SSSR count). The fourth-order valence-corrected chi connectivity index (χ4v) is 1.81. The average molecular weight is 324 g/mol. The quantitative estimate of drug-likeness (QED) is 0.867. The van der Waals surface area contributed by atoms with Crippen molar-refractivity contribution in [2.75, 3.05) is 12.4 Å². The summed E-state index contributed by atoms with van der Waals surface area (Å²) in [5.74, 6) is -0.0779. The lowest BCUT2D eigenvalue weighted by Crippen LogP contribution is -2.28. The monoisotopic (exact) mass is 323 g/mol. The zero-order valence-corrected chi connectivity index (χ0v) is 12.5. The van der Waals surface area contributed by atoms with E-state index in [0.717, 1.165) is 10.4 Å². The number of aromatic nitrogens is 3. The van der Waals surface area contributed by atoms with Gasteiger partial charge in [-0.25, -0.2) is 4.79 Å². The summed E-state index contributed by atoms with van der Waals surface area (Å²) < 4.78 is 4.42. The first kappa shape index (κ1) is 15.8. The van der Waals surface area contributed by atoms with Gasteiger partial charge in [0.2, 0.25) is 5.91 Å². The number of nitrogens with one attached hydrogen (secondary N) is 2. The summed E-state index contributed by atoms with van der Waals surface area (Å²) in [5.41, 5.74) is 0.819. The summed E-state index contributed by atoms with van der Waals surface area (Å²) in [6.45, 7) is 0.236. The Morgan fingerprint density at radius 3 is 2.86 bits per heavy atom. The van der Waals surface area contributed by atoms with Crippen LogP contribution in [0.5, 0.6) is 0 Å². The molecular weight excluding hydrogens is 310 g/mol. The Morgan fingerprint density at radius 2 is 2.14 bits per heavy atom. The molecule has 0 fully saturated rings. The minimum Gasteiger partial charge on any atom is -0.453 e. The maximum atomic E-state index is 11.8. The average Bonchev–Trinajstić information content (AvgIpc) is 2.93. The van der Waals surface area contributed by atoms with Gasteiger partial charge in [0.05, 0.1) is 13.3 Å². The van der Waals surface area contributed by atoms with Crippen molar-refractivity contribution < 1.29 is 14.3 Å². The van der Waals surface area contributed by atoms with Gasteiger partial charge in [-0.15, -0.1) is 5.10 Å². The molecule has 1 aromatic heterocycles. The van der Waals surface area contributed by atoms with E-state index in [0.29, 0.717) is 11.6 Å². The van der Waals surface area contributed by atoms with Crippen molar-refractivity contribution >= 4 is 29.4 Å². The summed E-state index contributed by atoms with van der Waals surface area (Å²) in [5, 5.41) is 13.4. The maximum Gasteiger partial charge on any atom is 0.412 e. The first-order chi connectivity index (χ1) is 10.6. The van der Waals surface area contributed by atoms with Crippen LogP contribution in [0.15, 0.2) is 30.5 Å². The van der Waals surface area contributed by atoms with Crippen LogP contribution in [-0.4, -0.2) is 34.1 Å². The van der Waals surface area contributed by atoms with Crippen molar-refractivity contribution in [3.63, 3.8) is 0 Å². The molecule has 2 N–H and O–H groups in total. The van der Waals surface area contributed by atoms with E-state index in [-0.39, 0.29) is 18.3 Å². The molecule has 0 atom stereocenters. The lowest BCUT2D eigenvalue weighted by molar-refractivity contribution is -0.122. The number of rotatable bonds is 5. The third-order valence-corrected chi connectivity index (χ3v) is 3.04. The zero-order valence-electron chi connectivity index (χ0n) is 11.7. The lowest BCUT2D eigenvalue weighted by atomic mass is 10.2.